The van der Waals surface area contributed by atoms with Gasteiger partial charge in [0.05, 0.1) is 0 Å². The van der Waals surface area contributed by atoms with Crippen molar-refractivity contribution in [2.24, 2.45) is 0 Å². The van der Waals surface area contributed by atoms with Crippen LogP contribution in [0.4, 0.5) is 0 Å². The topological polar surface area (TPSA) is 60.2 Å². The number of nitrogens with one attached hydrogen (secondary N) is 1. The third-order valence-electron chi connectivity index (χ3n) is 2.83. The van der Waals surface area contributed by atoms with Crippen LogP contribution in [0.25, 0.3) is 0 Å². The molecule has 0 saturated heterocycles. The van der Waals surface area contributed by atoms with Crippen molar-refractivity contribution in [2.45, 2.75) is 39.3 Å². The Hall–Kier alpha value is -1.88. The van der Waals surface area contributed by atoms with E-state index >= 15 is 0 Å². The van der Waals surface area contributed by atoms with E-state index in [1.54, 1.807) is 0 Å². The summed E-state index contributed by atoms with van der Waals surface area (Å²) >= 11 is 0. The summed E-state index contributed by atoms with van der Waals surface area (Å²) in [4.78, 5) is 4.35. The smallest absolute Gasteiger partial charge is 0.264 e. The van der Waals surface area contributed by atoms with Gasteiger partial charge in [-0.25, -0.2) is 0 Å². The predicted molar refractivity (Wildman–Crippen MR) is 76.5 cm³/mol. The van der Waals surface area contributed by atoms with Gasteiger partial charge in [0.2, 0.25) is 0 Å². The Bertz CT molecular complexity index is 558. The number of rotatable bonds is 5. The molecule has 1 aromatic heterocycles. The summed E-state index contributed by atoms with van der Waals surface area (Å²) in [5, 5.41) is 7.10. The van der Waals surface area contributed by atoms with Gasteiger partial charge in [-0.15, -0.1) is 0 Å². The molecule has 0 aliphatic carbocycles. The van der Waals surface area contributed by atoms with E-state index in [2.05, 4.69) is 15.5 Å². The van der Waals surface area contributed by atoms with Gasteiger partial charge in [0.15, 0.2) is 12.4 Å². The molecule has 2 aromatic rings. The maximum atomic E-state index is 5.77. The van der Waals surface area contributed by atoms with E-state index < -0.39 is 0 Å². The molecule has 2 rings (SSSR count). The highest BCUT2D eigenvalue weighted by molar-refractivity contribution is 5.33. The molecule has 0 unspecified atom stereocenters. The standard InChI is InChI=1S/C15H21N3O2/c1-15(2,3)14-17-13(20-18-14)10-19-12-8-6-5-7-11(12)9-16-4/h5-8,16H,9-10H2,1-4H3. The summed E-state index contributed by atoms with van der Waals surface area (Å²) in [7, 11) is 1.91. The molecule has 1 heterocycles. The van der Waals surface area contributed by atoms with Crippen LogP contribution in [0, 0.1) is 0 Å². The first-order chi connectivity index (χ1) is 9.50. The molecule has 0 aliphatic heterocycles. The van der Waals surface area contributed by atoms with Crippen LogP contribution >= 0.6 is 0 Å². The van der Waals surface area contributed by atoms with E-state index in [4.69, 9.17) is 9.26 Å². The zero-order valence-electron chi connectivity index (χ0n) is 12.4. The number of ether oxygens (including phenoxy) is 1. The monoisotopic (exact) mass is 275 g/mol. The first-order valence-electron chi connectivity index (χ1n) is 6.69. The number of benzene rings is 1. The fourth-order valence-electron chi connectivity index (χ4n) is 1.74. The Labute approximate surface area is 119 Å². The minimum absolute atomic E-state index is 0.119. The molecule has 0 radical (unpaired) electrons. The third-order valence-corrected chi connectivity index (χ3v) is 2.83. The quantitative estimate of drug-likeness (QED) is 0.909. The van der Waals surface area contributed by atoms with Crippen molar-refractivity contribution >= 4 is 0 Å². The molecule has 0 fully saturated rings. The lowest BCUT2D eigenvalue weighted by atomic mass is 9.96. The molecule has 5 heteroatoms. The SMILES string of the molecule is CNCc1ccccc1OCc1nc(C(C)(C)C)no1. The van der Waals surface area contributed by atoms with Crippen molar-refractivity contribution in [3.05, 3.63) is 41.5 Å². The van der Waals surface area contributed by atoms with Crippen LogP contribution in [0.1, 0.15) is 38.0 Å². The molecule has 5 nitrogen and oxygen atoms in total. The van der Waals surface area contributed by atoms with E-state index in [1.807, 2.05) is 52.1 Å². The summed E-state index contributed by atoms with van der Waals surface area (Å²) < 4.78 is 11.0. The van der Waals surface area contributed by atoms with Crippen LogP contribution in [-0.4, -0.2) is 17.2 Å². The van der Waals surface area contributed by atoms with E-state index in [-0.39, 0.29) is 12.0 Å². The molecule has 0 aliphatic rings. The highest BCUT2D eigenvalue weighted by Crippen LogP contribution is 2.21. The lowest BCUT2D eigenvalue weighted by Crippen LogP contribution is -2.13. The van der Waals surface area contributed by atoms with E-state index in [0.717, 1.165) is 17.9 Å². The zero-order chi connectivity index (χ0) is 14.6. The molecule has 0 atom stereocenters. The minimum Gasteiger partial charge on any atom is -0.483 e. The van der Waals surface area contributed by atoms with Gasteiger partial charge in [-0.05, 0) is 13.1 Å². The van der Waals surface area contributed by atoms with Gasteiger partial charge in [0, 0.05) is 17.5 Å². The number of hydrogen-bond donors (Lipinski definition) is 1. The lowest BCUT2D eigenvalue weighted by molar-refractivity contribution is 0.240. The molecule has 0 saturated carbocycles. The maximum Gasteiger partial charge on any atom is 0.264 e. The van der Waals surface area contributed by atoms with E-state index in [9.17, 15) is 0 Å². The minimum atomic E-state index is -0.119. The second-order valence-electron chi connectivity index (χ2n) is 5.69. The van der Waals surface area contributed by atoms with Gasteiger partial charge < -0.3 is 14.6 Å². The van der Waals surface area contributed by atoms with Gasteiger partial charge in [-0.1, -0.05) is 44.1 Å². The van der Waals surface area contributed by atoms with Crippen molar-refractivity contribution in [1.29, 1.82) is 0 Å². The van der Waals surface area contributed by atoms with Crippen LogP contribution in [0.2, 0.25) is 0 Å². The highest BCUT2D eigenvalue weighted by atomic mass is 16.5. The van der Waals surface area contributed by atoms with E-state index in [0.29, 0.717) is 11.7 Å². The average Bonchev–Trinajstić information content (AvgIpc) is 2.87. The van der Waals surface area contributed by atoms with Gasteiger partial charge in [0.25, 0.3) is 5.89 Å². The second-order valence-corrected chi connectivity index (χ2v) is 5.69. The molecule has 0 bridgehead atoms. The molecule has 108 valence electrons. The number of aromatic nitrogens is 2. The lowest BCUT2D eigenvalue weighted by Gasteiger charge is -2.11. The molecule has 0 amide bonds. The summed E-state index contributed by atoms with van der Waals surface area (Å²) in [6.45, 7) is 7.18. The second kappa shape index (κ2) is 6.05. The summed E-state index contributed by atoms with van der Waals surface area (Å²) in [5.41, 5.74) is 0.983. The van der Waals surface area contributed by atoms with Crippen LogP contribution in [0.5, 0.6) is 5.75 Å². The number of nitrogens with zero attached hydrogens (tertiary/aromatic N) is 2. The van der Waals surface area contributed by atoms with Crippen molar-refractivity contribution < 1.29 is 9.26 Å². The number of para-hydroxylation sites is 1. The zero-order valence-corrected chi connectivity index (χ0v) is 12.4. The largest absolute Gasteiger partial charge is 0.483 e. The van der Waals surface area contributed by atoms with Crippen LogP contribution in [0.15, 0.2) is 28.8 Å². The molecular formula is C15H21N3O2. The van der Waals surface area contributed by atoms with Crippen LogP contribution in [-0.2, 0) is 18.6 Å². The highest BCUT2D eigenvalue weighted by Gasteiger charge is 2.21. The van der Waals surface area contributed by atoms with Gasteiger partial charge in [-0.2, -0.15) is 4.98 Å². The maximum absolute atomic E-state index is 5.77. The average molecular weight is 275 g/mol. The molecule has 0 spiro atoms. The first-order valence-corrected chi connectivity index (χ1v) is 6.69. The first kappa shape index (κ1) is 14.5. The van der Waals surface area contributed by atoms with Crippen LogP contribution in [0.3, 0.4) is 0 Å². The Morgan fingerprint density at radius 2 is 2.00 bits per heavy atom. The summed E-state index contributed by atoms with van der Waals surface area (Å²) in [5.74, 6) is 2.02. The van der Waals surface area contributed by atoms with Crippen molar-refractivity contribution in [3.63, 3.8) is 0 Å². The Kier molecular flexibility index (Phi) is 4.39. The summed E-state index contributed by atoms with van der Waals surface area (Å²) in [6.07, 6.45) is 0. The Morgan fingerprint density at radius 3 is 2.65 bits per heavy atom. The van der Waals surface area contributed by atoms with Crippen molar-refractivity contribution in [3.8, 4) is 5.75 Å². The van der Waals surface area contributed by atoms with Crippen LogP contribution < -0.4 is 10.1 Å². The number of hydrogen-bond acceptors (Lipinski definition) is 5. The fraction of sp³-hybridized carbons (Fsp3) is 0.467. The molecule has 20 heavy (non-hydrogen) atoms. The van der Waals surface area contributed by atoms with Gasteiger partial charge in [-0.3, -0.25) is 0 Å². The Balaban J connectivity index is 2.04. The third kappa shape index (κ3) is 3.57. The predicted octanol–water partition coefficient (Wildman–Crippen LogP) is 2.67. The summed E-state index contributed by atoms with van der Waals surface area (Å²) in [6, 6.07) is 7.90. The molecule has 1 aromatic carbocycles. The molecular weight excluding hydrogens is 254 g/mol. The molecule has 1 N–H and O–H groups in total. The Morgan fingerprint density at radius 1 is 1.25 bits per heavy atom. The van der Waals surface area contributed by atoms with Crippen molar-refractivity contribution in [1.82, 2.24) is 15.5 Å². The van der Waals surface area contributed by atoms with Gasteiger partial charge in [0.1, 0.15) is 5.75 Å². The van der Waals surface area contributed by atoms with Crippen molar-refractivity contribution in [2.75, 3.05) is 7.05 Å². The van der Waals surface area contributed by atoms with Gasteiger partial charge >= 0.3 is 0 Å². The normalized spacial score (nSPS) is 11.6. The van der Waals surface area contributed by atoms with E-state index in [1.165, 1.54) is 0 Å². The fourth-order valence-corrected chi connectivity index (χ4v) is 1.74.